The molecule has 0 unspecified atom stereocenters. The molecule has 0 aliphatic rings. The van der Waals surface area contributed by atoms with Crippen LogP contribution in [0.3, 0.4) is 0 Å². The molecule has 2 aromatic rings. The minimum absolute atomic E-state index is 0.100. The van der Waals surface area contributed by atoms with Crippen LogP contribution < -0.4 is 10.2 Å². The zero-order valence-corrected chi connectivity index (χ0v) is 16.7. The SMILES string of the molecule is CC(=O)C[C@H](c1ccc(N(C)C)cc1)S(=O)(=O)c1ccc(NC(C)=O)cc1. The number of nitrogens with zero attached hydrogens (tertiary/aromatic N) is 1. The van der Waals surface area contributed by atoms with Gasteiger partial charge in [0.05, 0.1) is 10.1 Å². The Balaban J connectivity index is 2.41. The van der Waals surface area contributed by atoms with E-state index in [1.807, 2.05) is 31.1 Å². The fourth-order valence-corrected chi connectivity index (χ4v) is 4.56. The number of anilines is 2. The third kappa shape index (κ3) is 5.17. The van der Waals surface area contributed by atoms with Gasteiger partial charge in [-0.1, -0.05) is 12.1 Å². The van der Waals surface area contributed by atoms with Gasteiger partial charge in [0.15, 0.2) is 9.84 Å². The van der Waals surface area contributed by atoms with Crippen molar-refractivity contribution in [1.29, 1.82) is 0 Å². The quantitative estimate of drug-likeness (QED) is 0.787. The Labute approximate surface area is 160 Å². The summed E-state index contributed by atoms with van der Waals surface area (Å²) in [5.41, 5.74) is 2.03. The summed E-state index contributed by atoms with van der Waals surface area (Å²) in [5, 5.41) is 1.64. The van der Waals surface area contributed by atoms with Crippen LogP contribution in [0.2, 0.25) is 0 Å². The van der Waals surface area contributed by atoms with E-state index < -0.39 is 15.1 Å². The van der Waals surface area contributed by atoms with Gasteiger partial charge < -0.3 is 10.2 Å². The average molecular weight is 388 g/mol. The van der Waals surface area contributed by atoms with E-state index in [-0.39, 0.29) is 23.0 Å². The maximum Gasteiger partial charge on any atom is 0.221 e. The average Bonchev–Trinajstić information content (AvgIpc) is 2.59. The molecule has 7 heteroatoms. The lowest BCUT2D eigenvalue weighted by atomic mass is 10.1. The molecule has 144 valence electrons. The van der Waals surface area contributed by atoms with Crippen LogP contribution in [-0.2, 0) is 19.4 Å². The fraction of sp³-hybridized carbons (Fsp3) is 0.300. The Morgan fingerprint density at radius 2 is 1.52 bits per heavy atom. The summed E-state index contributed by atoms with van der Waals surface area (Å²) in [6.45, 7) is 2.77. The van der Waals surface area contributed by atoms with Gasteiger partial charge in [-0.15, -0.1) is 0 Å². The molecule has 0 spiro atoms. The highest BCUT2D eigenvalue weighted by Gasteiger charge is 2.30. The van der Waals surface area contributed by atoms with Gasteiger partial charge in [0.2, 0.25) is 5.91 Å². The number of nitrogens with one attached hydrogen (secondary N) is 1. The van der Waals surface area contributed by atoms with Gasteiger partial charge >= 0.3 is 0 Å². The molecule has 1 atom stereocenters. The molecule has 0 aromatic heterocycles. The Hall–Kier alpha value is -2.67. The molecule has 0 aliphatic carbocycles. The number of hydrogen-bond donors (Lipinski definition) is 1. The van der Waals surface area contributed by atoms with Crippen LogP contribution in [0.4, 0.5) is 11.4 Å². The van der Waals surface area contributed by atoms with Crippen molar-refractivity contribution in [2.24, 2.45) is 0 Å². The van der Waals surface area contributed by atoms with Gasteiger partial charge in [-0.2, -0.15) is 0 Å². The molecule has 0 bridgehead atoms. The van der Waals surface area contributed by atoms with Gasteiger partial charge in [-0.25, -0.2) is 8.42 Å². The number of amides is 1. The topological polar surface area (TPSA) is 83.6 Å². The van der Waals surface area contributed by atoms with E-state index in [2.05, 4.69) is 5.32 Å². The standard InChI is InChI=1S/C20H24N2O4S/c1-14(23)13-20(16-5-9-18(10-6-16)22(3)4)27(25,26)19-11-7-17(8-12-19)21-15(2)24/h5-12,20H,13H2,1-4H3,(H,21,24)/t20-/m1/s1. The summed E-state index contributed by atoms with van der Waals surface area (Å²) in [6, 6.07) is 13.1. The van der Waals surface area contributed by atoms with Crippen molar-refractivity contribution in [3.8, 4) is 0 Å². The zero-order valence-electron chi connectivity index (χ0n) is 15.9. The van der Waals surface area contributed by atoms with E-state index >= 15 is 0 Å². The van der Waals surface area contributed by atoms with E-state index in [1.54, 1.807) is 12.1 Å². The molecule has 0 saturated heterocycles. The second kappa shape index (κ2) is 8.35. The number of benzene rings is 2. The summed E-state index contributed by atoms with van der Waals surface area (Å²) >= 11 is 0. The minimum atomic E-state index is -3.77. The van der Waals surface area contributed by atoms with E-state index in [0.717, 1.165) is 5.69 Å². The molecule has 0 aliphatic heterocycles. The van der Waals surface area contributed by atoms with Crippen LogP contribution in [0.25, 0.3) is 0 Å². The van der Waals surface area contributed by atoms with Gasteiger partial charge in [0, 0.05) is 38.8 Å². The predicted octanol–water partition coefficient (Wildman–Crippen LogP) is 3.21. The van der Waals surface area contributed by atoms with Gasteiger partial charge in [0.25, 0.3) is 0 Å². The van der Waals surface area contributed by atoms with E-state index in [0.29, 0.717) is 11.3 Å². The van der Waals surface area contributed by atoms with Gasteiger partial charge in [-0.3, -0.25) is 9.59 Å². The Kier molecular flexibility index (Phi) is 6.38. The first-order valence-electron chi connectivity index (χ1n) is 8.49. The number of rotatable bonds is 7. The number of Topliss-reactive ketones (excluding diaryl/α,β-unsaturated/α-hetero) is 1. The third-order valence-corrected chi connectivity index (χ3v) is 6.25. The minimum Gasteiger partial charge on any atom is -0.378 e. The number of hydrogen-bond acceptors (Lipinski definition) is 5. The van der Waals surface area contributed by atoms with Gasteiger partial charge in [0.1, 0.15) is 5.78 Å². The van der Waals surface area contributed by atoms with Crippen molar-refractivity contribution in [2.45, 2.75) is 30.4 Å². The number of ketones is 1. The maximum absolute atomic E-state index is 13.2. The summed E-state index contributed by atoms with van der Waals surface area (Å²) in [7, 11) is 0.0218. The van der Waals surface area contributed by atoms with E-state index in [4.69, 9.17) is 0 Å². The number of sulfone groups is 1. The summed E-state index contributed by atoms with van der Waals surface area (Å²) in [5.74, 6) is -0.434. The second-order valence-corrected chi connectivity index (χ2v) is 8.76. The summed E-state index contributed by atoms with van der Waals surface area (Å²) in [4.78, 5) is 24.9. The molecule has 0 fully saturated rings. The van der Waals surface area contributed by atoms with Crippen LogP contribution in [0, 0.1) is 0 Å². The third-order valence-electron chi connectivity index (χ3n) is 4.13. The largest absolute Gasteiger partial charge is 0.378 e. The van der Waals surface area contributed by atoms with Crippen LogP contribution in [-0.4, -0.2) is 34.2 Å². The molecule has 0 heterocycles. The van der Waals surface area contributed by atoms with E-state index in [1.165, 1.54) is 38.1 Å². The molecule has 27 heavy (non-hydrogen) atoms. The normalized spacial score (nSPS) is 12.3. The van der Waals surface area contributed by atoms with Crippen molar-refractivity contribution in [3.05, 3.63) is 54.1 Å². The predicted molar refractivity (Wildman–Crippen MR) is 107 cm³/mol. The number of carbonyl (C=O) groups excluding carboxylic acids is 2. The molecular formula is C20H24N2O4S. The zero-order chi connectivity index (χ0) is 20.2. The highest BCUT2D eigenvalue weighted by atomic mass is 32.2. The highest BCUT2D eigenvalue weighted by molar-refractivity contribution is 7.91. The van der Waals surface area contributed by atoms with E-state index in [9.17, 15) is 18.0 Å². The molecule has 0 radical (unpaired) electrons. The van der Waals surface area contributed by atoms with Gasteiger partial charge in [-0.05, 0) is 48.9 Å². The van der Waals surface area contributed by atoms with Crippen molar-refractivity contribution >= 4 is 32.9 Å². The Morgan fingerprint density at radius 3 is 1.96 bits per heavy atom. The first-order chi connectivity index (χ1) is 12.6. The highest BCUT2D eigenvalue weighted by Crippen LogP contribution is 2.33. The monoisotopic (exact) mass is 388 g/mol. The maximum atomic E-state index is 13.2. The summed E-state index contributed by atoms with van der Waals surface area (Å²) in [6.07, 6.45) is -0.100. The molecule has 6 nitrogen and oxygen atoms in total. The van der Waals surface area contributed by atoms with Crippen molar-refractivity contribution in [2.75, 3.05) is 24.3 Å². The fourth-order valence-electron chi connectivity index (χ4n) is 2.75. The van der Waals surface area contributed by atoms with Crippen LogP contribution in [0.15, 0.2) is 53.4 Å². The van der Waals surface area contributed by atoms with Crippen LogP contribution >= 0.6 is 0 Å². The first-order valence-corrected chi connectivity index (χ1v) is 10.0. The first kappa shape index (κ1) is 20.6. The Morgan fingerprint density at radius 1 is 0.963 bits per heavy atom. The molecule has 2 aromatic carbocycles. The van der Waals surface area contributed by atoms with Crippen molar-refractivity contribution in [1.82, 2.24) is 0 Å². The second-order valence-electron chi connectivity index (χ2n) is 6.63. The summed E-state index contributed by atoms with van der Waals surface area (Å²) < 4.78 is 26.3. The lowest BCUT2D eigenvalue weighted by Crippen LogP contribution is -2.17. The van der Waals surface area contributed by atoms with Crippen LogP contribution in [0.1, 0.15) is 31.1 Å². The van der Waals surface area contributed by atoms with Crippen molar-refractivity contribution < 1.29 is 18.0 Å². The lowest BCUT2D eigenvalue weighted by Gasteiger charge is -2.19. The smallest absolute Gasteiger partial charge is 0.221 e. The number of carbonyl (C=O) groups is 2. The molecule has 2 rings (SSSR count). The van der Waals surface area contributed by atoms with Crippen LogP contribution in [0.5, 0.6) is 0 Å². The molecule has 1 N–H and O–H groups in total. The molecular weight excluding hydrogens is 364 g/mol. The molecule has 1 amide bonds. The Bertz CT molecular complexity index is 917. The molecule has 0 saturated carbocycles. The lowest BCUT2D eigenvalue weighted by molar-refractivity contribution is -0.117. The van der Waals surface area contributed by atoms with Crippen molar-refractivity contribution in [3.63, 3.8) is 0 Å².